The Bertz CT molecular complexity index is 587. The zero-order valence-electron chi connectivity index (χ0n) is 11.0. The summed E-state index contributed by atoms with van der Waals surface area (Å²) in [5, 5.41) is 1.19. The normalized spacial score (nSPS) is 19.9. The number of nitrogens with zero attached hydrogens (tertiary/aromatic N) is 2. The number of para-hydroxylation sites is 1. The van der Waals surface area contributed by atoms with Crippen molar-refractivity contribution in [1.29, 1.82) is 0 Å². The first-order valence-electron chi connectivity index (χ1n) is 6.57. The number of fused-ring (bicyclic) bond motifs is 1. The van der Waals surface area contributed by atoms with Gasteiger partial charge in [0.25, 0.3) is 0 Å². The maximum absolute atomic E-state index is 5.90. The predicted octanol–water partition coefficient (Wildman–Crippen LogP) is 2.99. The van der Waals surface area contributed by atoms with Gasteiger partial charge in [-0.25, -0.2) is 4.98 Å². The number of morpholine rings is 1. The number of anilines is 1. The van der Waals surface area contributed by atoms with Crippen molar-refractivity contribution >= 4 is 28.3 Å². The lowest BCUT2D eigenvalue weighted by Gasteiger charge is -2.33. The second kappa shape index (κ2) is 5.35. The van der Waals surface area contributed by atoms with E-state index in [9.17, 15) is 0 Å². The molecule has 2 heterocycles. The van der Waals surface area contributed by atoms with Crippen LogP contribution in [0.5, 0.6) is 0 Å². The Labute approximate surface area is 118 Å². The van der Waals surface area contributed by atoms with Crippen LogP contribution >= 0.6 is 11.6 Å². The molecule has 1 aromatic heterocycles. The fraction of sp³-hybridized carbons (Fsp3) is 0.400. The van der Waals surface area contributed by atoms with Crippen molar-refractivity contribution in [1.82, 2.24) is 4.98 Å². The van der Waals surface area contributed by atoms with Gasteiger partial charge in [-0.3, -0.25) is 0 Å². The van der Waals surface area contributed by atoms with Gasteiger partial charge in [0.1, 0.15) is 5.82 Å². The molecule has 0 N–H and O–H groups in total. The predicted molar refractivity (Wildman–Crippen MR) is 79.2 cm³/mol. The number of rotatable bonds is 2. The molecule has 0 aliphatic carbocycles. The Morgan fingerprint density at radius 1 is 1.42 bits per heavy atom. The molecule has 3 nitrogen and oxygen atoms in total. The molecule has 19 heavy (non-hydrogen) atoms. The van der Waals surface area contributed by atoms with E-state index in [4.69, 9.17) is 21.3 Å². The highest BCUT2D eigenvalue weighted by molar-refractivity contribution is 6.18. The van der Waals surface area contributed by atoms with Crippen LogP contribution in [0.2, 0.25) is 0 Å². The van der Waals surface area contributed by atoms with Crippen molar-refractivity contribution in [2.75, 3.05) is 30.5 Å². The minimum Gasteiger partial charge on any atom is -0.373 e. The highest BCUT2D eigenvalue weighted by Crippen LogP contribution is 2.24. The van der Waals surface area contributed by atoms with Gasteiger partial charge in [0.05, 0.1) is 24.1 Å². The van der Waals surface area contributed by atoms with Crippen molar-refractivity contribution in [2.45, 2.75) is 13.0 Å². The molecule has 2 aromatic rings. The van der Waals surface area contributed by atoms with E-state index in [1.807, 2.05) is 12.1 Å². The monoisotopic (exact) mass is 276 g/mol. The van der Waals surface area contributed by atoms with Crippen LogP contribution in [0.3, 0.4) is 0 Å². The van der Waals surface area contributed by atoms with Crippen LogP contribution in [-0.4, -0.2) is 36.7 Å². The molecule has 0 bridgehead atoms. The fourth-order valence-corrected chi connectivity index (χ4v) is 2.72. The van der Waals surface area contributed by atoms with Gasteiger partial charge >= 0.3 is 0 Å². The molecule has 1 atom stereocenters. The minimum atomic E-state index is 0.100. The van der Waals surface area contributed by atoms with Crippen LogP contribution in [-0.2, 0) is 4.74 Å². The topological polar surface area (TPSA) is 25.4 Å². The molecular formula is C15H17ClN2O. The van der Waals surface area contributed by atoms with Crippen LogP contribution in [0.25, 0.3) is 10.9 Å². The van der Waals surface area contributed by atoms with E-state index in [0.29, 0.717) is 12.5 Å². The molecule has 3 rings (SSSR count). The fourth-order valence-electron chi connectivity index (χ4n) is 2.54. The van der Waals surface area contributed by atoms with E-state index in [1.165, 1.54) is 10.9 Å². The van der Waals surface area contributed by atoms with Gasteiger partial charge in [-0.2, -0.15) is 0 Å². The van der Waals surface area contributed by atoms with Gasteiger partial charge in [0.15, 0.2) is 0 Å². The number of aryl methyl sites for hydroxylation is 1. The molecule has 1 unspecified atom stereocenters. The molecule has 4 heteroatoms. The quantitative estimate of drug-likeness (QED) is 0.789. The van der Waals surface area contributed by atoms with Gasteiger partial charge in [0, 0.05) is 18.5 Å². The number of aromatic nitrogens is 1. The molecule has 0 saturated carbocycles. The van der Waals surface area contributed by atoms with E-state index in [-0.39, 0.29) is 6.10 Å². The summed E-state index contributed by atoms with van der Waals surface area (Å²) in [6, 6.07) is 10.4. The summed E-state index contributed by atoms with van der Waals surface area (Å²) in [6.07, 6.45) is 0.100. The Morgan fingerprint density at radius 2 is 2.26 bits per heavy atom. The molecule has 1 fully saturated rings. The Hall–Kier alpha value is -1.32. The summed E-state index contributed by atoms with van der Waals surface area (Å²) < 4.78 is 5.60. The molecule has 1 saturated heterocycles. The third-order valence-corrected chi connectivity index (χ3v) is 3.84. The zero-order valence-corrected chi connectivity index (χ0v) is 11.7. The number of hydrogen-bond acceptors (Lipinski definition) is 3. The summed E-state index contributed by atoms with van der Waals surface area (Å²) in [7, 11) is 0. The number of alkyl halides is 1. The summed E-state index contributed by atoms with van der Waals surface area (Å²) in [6.45, 7) is 4.51. The lowest BCUT2D eigenvalue weighted by molar-refractivity contribution is 0.0551. The molecule has 100 valence electrons. The summed E-state index contributed by atoms with van der Waals surface area (Å²) in [5.74, 6) is 1.58. The van der Waals surface area contributed by atoms with Gasteiger partial charge in [0.2, 0.25) is 0 Å². The van der Waals surface area contributed by atoms with Crippen LogP contribution in [0.1, 0.15) is 5.56 Å². The van der Waals surface area contributed by atoms with Crippen LogP contribution < -0.4 is 4.90 Å². The maximum atomic E-state index is 5.90. The van der Waals surface area contributed by atoms with Crippen molar-refractivity contribution in [2.24, 2.45) is 0 Å². The average Bonchev–Trinajstić information content (AvgIpc) is 2.46. The van der Waals surface area contributed by atoms with E-state index in [0.717, 1.165) is 24.4 Å². The Kier molecular flexibility index (Phi) is 3.58. The first kappa shape index (κ1) is 12.7. The molecular weight excluding hydrogens is 260 g/mol. The smallest absolute Gasteiger partial charge is 0.132 e. The number of ether oxygens (including phenoxy) is 1. The minimum absolute atomic E-state index is 0.100. The highest BCUT2D eigenvalue weighted by Gasteiger charge is 2.22. The lowest BCUT2D eigenvalue weighted by atomic mass is 10.1. The molecule has 0 amide bonds. The second-order valence-corrected chi connectivity index (χ2v) is 5.22. The molecule has 1 aliphatic rings. The Balaban J connectivity index is 1.97. The van der Waals surface area contributed by atoms with Gasteiger partial charge < -0.3 is 9.64 Å². The number of halogens is 1. The number of hydrogen-bond donors (Lipinski definition) is 0. The van der Waals surface area contributed by atoms with E-state index in [1.54, 1.807) is 0 Å². The van der Waals surface area contributed by atoms with Gasteiger partial charge in [-0.05, 0) is 24.6 Å². The van der Waals surface area contributed by atoms with Gasteiger partial charge in [-0.15, -0.1) is 11.6 Å². The first-order chi connectivity index (χ1) is 9.28. The van der Waals surface area contributed by atoms with Crippen LogP contribution in [0.15, 0.2) is 30.3 Å². The van der Waals surface area contributed by atoms with Crippen LogP contribution in [0.4, 0.5) is 5.82 Å². The first-order valence-corrected chi connectivity index (χ1v) is 7.10. The van der Waals surface area contributed by atoms with E-state index in [2.05, 4.69) is 30.0 Å². The molecule has 0 spiro atoms. The second-order valence-electron chi connectivity index (χ2n) is 4.91. The van der Waals surface area contributed by atoms with E-state index >= 15 is 0 Å². The molecule has 0 radical (unpaired) electrons. The summed E-state index contributed by atoms with van der Waals surface area (Å²) in [4.78, 5) is 7.07. The molecule has 1 aliphatic heterocycles. The molecule has 1 aromatic carbocycles. The summed E-state index contributed by atoms with van der Waals surface area (Å²) in [5.41, 5.74) is 2.24. The highest BCUT2D eigenvalue weighted by atomic mass is 35.5. The largest absolute Gasteiger partial charge is 0.373 e. The number of pyridine rings is 1. The Morgan fingerprint density at radius 3 is 3.11 bits per heavy atom. The lowest BCUT2D eigenvalue weighted by Crippen LogP contribution is -2.44. The number of benzene rings is 1. The third kappa shape index (κ3) is 2.53. The van der Waals surface area contributed by atoms with Crippen molar-refractivity contribution in [3.8, 4) is 0 Å². The summed E-state index contributed by atoms with van der Waals surface area (Å²) >= 11 is 5.90. The van der Waals surface area contributed by atoms with Crippen molar-refractivity contribution < 1.29 is 4.74 Å². The average molecular weight is 277 g/mol. The van der Waals surface area contributed by atoms with Crippen molar-refractivity contribution in [3.05, 3.63) is 35.9 Å². The van der Waals surface area contributed by atoms with Gasteiger partial charge in [-0.1, -0.05) is 18.2 Å². The standard InChI is InChI=1S/C15H17ClN2O/c1-11-8-12-4-2-3-5-14(12)17-15(11)18-6-7-19-13(9-16)10-18/h2-5,8,13H,6-7,9-10H2,1H3. The third-order valence-electron chi connectivity index (χ3n) is 3.50. The SMILES string of the molecule is Cc1cc2ccccc2nc1N1CCOC(CCl)C1. The van der Waals surface area contributed by atoms with E-state index < -0.39 is 0 Å². The van der Waals surface area contributed by atoms with Crippen molar-refractivity contribution in [3.63, 3.8) is 0 Å². The zero-order chi connectivity index (χ0) is 13.2. The van der Waals surface area contributed by atoms with Crippen LogP contribution in [0, 0.1) is 6.92 Å². The maximum Gasteiger partial charge on any atom is 0.132 e.